The summed E-state index contributed by atoms with van der Waals surface area (Å²) in [6.07, 6.45) is 20.0. The van der Waals surface area contributed by atoms with E-state index in [9.17, 15) is 4.79 Å². The van der Waals surface area contributed by atoms with E-state index in [1.807, 2.05) is 12.1 Å². The zero-order valence-electron chi connectivity index (χ0n) is 15.7. The van der Waals surface area contributed by atoms with Gasteiger partial charge >= 0.3 is 5.97 Å². The van der Waals surface area contributed by atoms with Gasteiger partial charge in [0.1, 0.15) is 6.10 Å². The van der Waals surface area contributed by atoms with Gasteiger partial charge in [0.05, 0.1) is 12.0 Å². The number of carbonyl (C=O) groups excluding carboxylic acids is 1. The highest BCUT2D eigenvalue weighted by atomic mass is 16.5. The molecule has 25 heavy (non-hydrogen) atoms. The second kappa shape index (κ2) is 11.1. The van der Waals surface area contributed by atoms with E-state index in [1.54, 1.807) is 6.08 Å². The topological polar surface area (TPSA) is 50.1 Å². The molecular weight excluding hydrogens is 310 g/mol. The Morgan fingerprint density at radius 3 is 2.44 bits per heavy atom. The van der Waals surface area contributed by atoms with Gasteiger partial charge in [-0.05, 0) is 63.2 Å². The Bertz CT molecular complexity index is 487. The Balaban J connectivity index is 1.65. The van der Waals surface area contributed by atoms with Crippen molar-refractivity contribution in [3.05, 3.63) is 24.3 Å². The van der Waals surface area contributed by atoms with Crippen LogP contribution in [-0.2, 0) is 9.53 Å². The maximum Gasteiger partial charge on any atom is 0.309 e. The third kappa shape index (κ3) is 7.06. The lowest BCUT2D eigenvalue weighted by molar-refractivity contribution is -0.157. The van der Waals surface area contributed by atoms with Crippen molar-refractivity contribution >= 4 is 5.97 Å². The van der Waals surface area contributed by atoms with Crippen LogP contribution < -0.4 is 0 Å². The fourth-order valence-corrected chi connectivity index (χ4v) is 4.16. The van der Waals surface area contributed by atoms with Crippen molar-refractivity contribution in [1.29, 1.82) is 5.26 Å². The second-order valence-electron chi connectivity index (χ2n) is 7.71. The fourth-order valence-electron chi connectivity index (χ4n) is 4.16. The van der Waals surface area contributed by atoms with Gasteiger partial charge in [-0.25, -0.2) is 0 Å². The van der Waals surface area contributed by atoms with Gasteiger partial charge in [0, 0.05) is 6.08 Å². The van der Waals surface area contributed by atoms with Gasteiger partial charge in [0.2, 0.25) is 0 Å². The first-order chi connectivity index (χ1) is 12.2. The van der Waals surface area contributed by atoms with E-state index in [0.717, 1.165) is 44.4 Å². The minimum atomic E-state index is 0.0601. The van der Waals surface area contributed by atoms with Gasteiger partial charge < -0.3 is 4.74 Å². The number of allylic oxidation sites excluding steroid dienone is 4. The zero-order valence-corrected chi connectivity index (χ0v) is 15.7. The molecule has 2 rings (SSSR count). The van der Waals surface area contributed by atoms with Crippen LogP contribution in [0.2, 0.25) is 0 Å². The summed E-state index contributed by atoms with van der Waals surface area (Å²) in [5, 5.41) is 8.46. The summed E-state index contributed by atoms with van der Waals surface area (Å²) >= 11 is 0. The highest BCUT2D eigenvalue weighted by Crippen LogP contribution is 2.34. The standard InChI is InChI=1S/C22H33NO2/c1-2-3-7-18-9-13-20(14-10-18)22(24)25-21-15-11-19(12-16-21)8-5-4-6-17-23/h4-6,8,18-21H,2-3,7,9-16H2,1H3. The number of ether oxygens (including phenoxy) is 1. The van der Waals surface area contributed by atoms with Crippen LogP contribution in [0.4, 0.5) is 0 Å². The Morgan fingerprint density at radius 2 is 1.80 bits per heavy atom. The summed E-state index contributed by atoms with van der Waals surface area (Å²) in [5.74, 6) is 1.59. The minimum absolute atomic E-state index is 0.0601. The molecule has 3 nitrogen and oxygen atoms in total. The Morgan fingerprint density at radius 1 is 1.08 bits per heavy atom. The molecule has 138 valence electrons. The predicted octanol–water partition coefficient (Wildman–Crippen LogP) is 5.72. The molecule has 0 aliphatic heterocycles. The summed E-state index contributed by atoms with van der Waals surface area (Å²) in [7, 11) is 0. The maximum absolute atomic E-state index is 12.4. The zero-order chi connectivity index (χ0) is 17.9. The number of hydrogen-bond donors (Lipinski definition) is 0. The monoisotopic (exact) mass is 343 g/mol. The van der Waals surface area contributed by atoms with E-state index in [0.29, 0.717) is 5.92 Å². The van der Waals surface area contributed by atoms with E-state index in [1.165, 1.54) is 38.2 Å². The molecule has 2 aliphatic carbocycles. The highest BCUT2D eigenvalue weighted by molar-refractivity contribution is 5.72. The molecule has 0 aromatic carbocycles. The van der Waals surface area contributed by atoms with Gasteiger partial charge in [-0.2, -0.15) is 5.26 Å². The number of unbranched alkanes of at least 4 members (excludes halogenated alkanes) is 1. The average molecular weight is 344 g/mol. The van der Waals surface area contributed by atoms with E-state index in [4.69, 9.17) is 10.00 Å². The van der Waals surface area contributed by atoms with E-state index >= 15 is 0 Å². The van der Waals surface area contributed by atoms with Crippen molar-refractivity contribution in [2.45, 2.75) is 83.7 Å². The van der Waals surface area contributed by atoms with Crippen LogP contribution in [-0.4, -0.2) is 12.1 Å². The SMILES string of the molecule is CCCCC1CCC(C(=O)OC2CCC(C=CC=CC#N)CC2)CC1. The molecule has 0 unspecified atom stereocenters. The smallest absolute Gasteiger partial charge is 0.309 e. The molecule has 2 saturated carbocycles. The van der Waals surface area contributed by atoms with Crippen molar-refractivity contribution in [2.24, 2.45) is 17.8 Å². The van der Waals surface area contributed by atoms with Gasteiger partial charge in [-0.15, -0.1) is 0 Å². The molecule has 0 atom stereocenters. The molecule has 0 aromatic rings. The normalized spacial score (nSPS) is 30.4. The van der Waals surface area contributed by atoms with Crippen LogP contribution in [0.1, 0.15) is 77.6 Å². The van der Waals surface area contributed by atoms with Crippen molar-refractivity contribution in [3.63, 3.8) is 0 Å². The molecule has 0 amide bonds. The number of nitrogens with zero attached hydrogens (tertiary/aromatic N) is 1. The number of esters is 1. The van der Waals surface area contributed by atoms with Gasteiger partial charge in [-0.3, -0.25) is 4.79 Å². The first-order valence-corrected chi connectivity index (χ1v) is 10.2. The Hall–Kier alpha value is -1.56. The number of hydrogen-bond acceptors (Lipinski definition) is 3. The Labute approximate surface area is 153 Å². The van der Waals surface area contributed by atoms with E-state index in [2.05, 4.69) is 13.0 Å². The third-order valence-corrected chi connectivity index (χ3v) is 5.81. The Kier molecular flexibility index (Phi) is 8.80. The molecule has 0 radical (unpaired) electrons. The van der Waals surface area contributed by atoms with Crippen LogP contribution in [0.25, 0.3) is 0 Å². The van der Waals surface area contributed by atoms with Crippen molar-refractivity contribution in [1.82, 2.24) is 0 Å². The summed E-state index contributed by atoms with van der Waals surface area (Å²) in [6.45, 7) is 2.25. The van der Waals surface area contributed by atoms with Crippen LogP contribution in [0.5, 0.6) is 0 Å². The van der Waals surface area contributed by atoms with E-state index < -0.39 is 0 Å². The number of carbonyl (C=O) groups is 1. The highest BCUT2D eigenvalue weighted by Gasteiger charge is 2.30. The lowest BCUT2D eigenvalue weighted by atomic mass is 9.80. The van der Waals surface area contributed by atoms with Crippen LogP contribution in [0.15, 0.2) is 24.3 Å². The number of nitriles is 1. The van der Waals surface area contributed by atoms with Crippen LogP contribution >= 0.6 is 0 Å². The molecule has 3 heteroatoms. The van der Waals surface area contributed by atoms with Crippen LogP contribution in [0.3, 0.4) is 0 Å². The van der Waals surface area contributed by atoms with E-state index in [-0.39, 0.29) is 18.0 Å². The van der Waals surface area contributed by atoms with Gasteiger partial charge in [0.25, 0.3) is 0 Å². The molecule has 0 bridgehead atoms. The molecule has 2 fully saturated rings. The molecular formula is C22H33NO2. The third-order valence-electron chi connectivity index (χ3n) is 5.81. The van der Waals surface area contributed by atoms with Gasteiger partial charge in [0.15, 0.2) is 0 Å². The first kappa shape index (κ1) is 19.8. The van der Waals surface area contributed by atoms with Gasteiger partial charge in [-0.1, -0.05) is 44.4 Å². The van der Waals surface area contributed by atoms with Crippen LogP contribution in [0, 0.1) is 29.1 Å². The molecule has 0 heterocycles. The lowest BCUT2D eigenvalue weighted by Gasteiger charge is -2.31. The molecule has 0 N–H and O–H groups in total. The molecule has 0 spiro atoms. The maximum atomic E-state index is 12.4. The summed E-state index contributed by atoms with van der Waals surface area (Å²) < 4.78 is 5.82. The predicted molar refractivity (Wildman–Crippen MR) is 101 cm³/mol. The fraction of sp³-hybridized carbons (Fsp3) is 0.727. The van der Waals surface area contributed by atoms with Crippen molar-refractivity contribution in [3.8, 4) is 6.07 Å². The van der Waals surface area contributed by atoms with Crippen molar-refractivity contribution < 1.29 is 9.53 Å². The number of rotatable bonds is 7. The molecule has 0 aromatic heterocycles. The van der Waals surface area contributed by atoms with Crippen molar-refractivity contribution in [2.75, 3.05) is 0 Å². The summed E-state index contributed by atoms with van der Waals surface area (Å²) in [6, 6.07) is 1.99. The molecule has 2 aliphatic rings. The molecule has 0 saturated heterocycles. The average Bonchev–Trinajstić information content (AvgIpc) is 2.65. The quantitative estimate of drug-likeness (QED) is 0.337. The second-order valence-corrected chi connectivity index (χ2v) is 7.71. The summed E-state index contributed by atoms with van der Waals surface area (Å²) in [4.78, 5) is 12.4. The first-order valence-electron chi connectivity index (χ1n) is 10.2. The summed E-state index contributed by atoms with van der Waals surface area (Å²) in [5.41, 5.74) is 0. The largest absolute Gasteiger partial charge is 0.462 e. The lowest BCUT2D eigenvalue weighted by Crippen LogP contribution is -2.29. The minimum Gasteiger partial charge on any atom is -0.462 e.